The highest BCUT2D eigenvalue weighted by Gasteiger charge is 2.19. The van der Waals surface area contributed by atoms with Crippen LogP contribution in [-0.2, 0) is 20.4 Å². The van der Waals surface area contributed by atoms with Gasteiger partial charge in [-0.2, -0.15) is 5.26 Å². The lowest BCUT2D eigenvalue weighted by Crippen LogP contribution is -2.19. The highest BCUT2D eigenvalue weighted by Crippen LogP contribution is 2.36. The zero-order valence-electron chi connectivity index (χ0n) is 22.8. The Hall–Kier alpha value is -1.29. The number of hydrogen-bond donors (Lipinski definition) is 2. The zero-order valence-corrected chi connectivity index (χ0v) is 23.7. The van der Waals surface area contributed by atoms with Gasteiger partial charge in [-0.05, 0) is 30.2 Å². The second-order valence-corrected chi connectivity index (χ2v) is 11.4. The number of phosphoric ester groups is 1. The molecule has 0 unspecified atom stereocenters. The summed E-state index contributed by atoms with van der Waals surface area (Å²) in [5, 5.41) is 8.99. The van der Waals surface area contributed by atoms with Gasteiger partial charge in [0.25, 0.3) is 0 Å². The second kappa shape index (κ2) is 21.6. The molecule has 2 N–H and O–H groups in total. The molecular weight excluding hydrogens is 492 g/mol. The fourth-order valence-electron chi connectivity index (χ4n) is 4.50. The van der Waals surface area contributed by atoms with Crippen molar-refractivity contribution in [2.45, 2.75) is 135 Å². The molecule has 6 nitrogen and oxygen atoms in total. The van der Waals surface area contributed by atoms with Crippen LogP contribution in [0.15, 0.2) is 18.2 Å². The first-order valence-electron chi connectivity index (χ1n) is 14.3. The Morgan fingerprint density at radius 3 is 1.78 bits per heavy atom. The maximum absolute atomic E-state index is 13.6. The van der Waals surface area contributed by atoms with Crippen LogP contribution in [0.3, 0.4) is 0 Å². The Kier molecular flexibility index (Phi) is 19.7. The van der Waals surface area contributed by atoms with Gasteiger partial charge in [0.1, 0.15) is 5.82 Å². The summed E-state index contributed by atoms with van der Waals surface area (Å²) in [7, 11) is -4.60. The van der Waals surface area contributed by atoms with Crippen molar-refractivity contribution in [1.29, 1.82) is 5.26 Å². The van der Waals surface area contributed by atoms with E-state index >= 15 is 0 Å². The standard InChI is InChI=1S/C29H49FNO5P/c1-2-3-4-5-6-7-8-9-10-11-12-13-14-15-16-17-18-19-29(25-36-37(32,33)34)35-24-27-20-26(23-31)21-28(30)22-27/h20-22,29H,2-19,24-25H2,1H3,(H2,32,33,34)/t29-/m0/s1. The molecule has 0 spiro atoms. The van der Waals surface area contributed by atoms with Crippen molar-refractivity contribution in [3.63, 3.8) is 0 Å². The van der Waals surface area contributed by atoms with Crippen molar-refractivity contribution in [3.8, 4) is 6.07 Å². The number of nitrogens with zero attached hydrogens (tertiary/aromatic N) is 1. The third-order valence-corrected chi connectivity index (χ3v) is 7.12. The van der Waals surface area contributed by atoms with Crippen molar-refractivity contribution < 1.29 is 28.0 Å². The van der Waals surface area contributed by atoms with Gasteiger partial charge in [-0.1, -0.05) is 116 Å². The van der Waals surface area contributed by atoms with Crippen LogP contribution in [0.5, 0.6) is 0 Å². The molecule has 8 heteroatoms. The average molecular weight is 542 g/mol. The van der Waals surface area contributed by atoms with E-state index in [2.05, 4.69) is 11.4 Å². The van der Waals surface area contributed by atoms with Crippen molar-refractivity contribution in [1.82, 2.24) is 0 Å². The minimum Gasteiger partial charge on any atom is -0.371 e. The Bertz CT molecular complexity index is 795. The van der Waals surface area contributed by atoms with Crippen LogP contribution in [0.4, 0.5) is 4.39 Å². The molecule has 0 bridgehead atoms. The molecule has 0 aliphatic heterocycles. The molecule has 37 heavy (non-hydrogen) atoms. The summed E-state index contributed by atoms with van der Waals surface area (Å²) in [5.74, 6) is -0.520. The van der Waals surface area contributed by atoms with Gasteiger partial charge < -0.3 is 14.5 Å². The number of rotatable bonds is 24. The molecule has 212 valence electrons. The van der Waals surface area contributed by atoms with E-state index in [-0.39, 0.29) is 18.8 Å². The van der Waals surface area contributed by atoms with Crippen LogP contribution in [0.25, 0.3) is 0 Å². The van der Waals surface area contributed by atoms with Gasteiger partial charge in [0.05, 0.1) is 31.0 Å². The van der Waals surface area contributed by atoms with Crippen LogP contribution in [-0.4, -0.2) is 22.5 Å². The SMILES string of the molecule is CCCCCCCCCCCCCCCCCCC[C@@H](COP(=O)(O)O)OCc1cc(F)cc(C#N)c1. The van der Waals surface area contributed by atoms with Gasteiger partial charge >= 0.3 is 7.82 Å². The second-order valence-electron chi connectivity index (χ2n) is 10.1. The first-order chi connectivity index (χ1) is 17.8. The maximum Gasteiger partial charge on any atom is 0.469 e. The average Bonchev–Trinajstić information content (AvgIpc) is 2.86. The Morgan fingerprint density at radius 2 is 1.32 bits per heavy atom. The molecule has 0 fully saturated rings. The van der Waals surface area contributed by atoms with E-state index in [1.165, 1.54) is 96.0 Å². The van der Waals surface area contributed by atoms with Gasteiger partial charge in [0.15, 0.2) is 0 Å². The first kappa shape index (κ1) is 33.7. The number of halogens is 1. The Labute approximate surface area is 224 Å². The first-order valence-corrected chi connectivity index (χ1v) is 15.9. The summed E-state index contributed by atoms with van der Waals surface area (Å²) in [4.78, 5) is 18.0. The summed E-state index contributed by atoms with van der Waals surface area (Å²) in [5.41, 5.74) is 0.704. The molecule has 0 aliphatic carbocycles. The highest BCUT2D eigenvalue weighted by molar-refractivity contribution is 7.46. The van der Waals surface area contributed by atoms with Crippen LogP contribution in [0, 0.1) is 17.1 Å². The number of phosphoric acid groups is 1. The lowest BCUT2D eigenvalue weighted by Gasteiger charge is -2.18. The lowest BCUT2D eigenvalue weighted by molar-refractivity contribution is -0.00383. The monoisotopic (exact) mass is 541 g/mol. The van der Waals surface area contributed by atoms with E-state index in [4.69, 9.17) is 19.8 Å². The number of ether oxygens (including phenoxy) is 1. The van der Waals surface area contributed by atoms with Gasteiger partial charge in [-0.25, -0.2) is 8.96 Å². The minimum atomic E-state index is -4.60. The van der Waals surface area contributed by atoms with E-state index in [9.17, 15) is 8.96 Å². The van der Waals surface area contributed by atoms with E-state index in [0.717, 1.165) is 25.3 Å². The fourth-order valence-corrected chi connectivity index (χ4v) is 4.86. The molecule has 0 saturated heterocycles. The summed E-state index contributed by atoms with van der Waals surface area (Å²) < 4.78 is 35.1. The molecule has 0 saturated carbocycles. The molecular formula is C29H49FNO5P. The number of hydrogen-bond acceptors (Lipinski definition) is 4. The molecule has 1 atom stereocenters. The van der Waals surface area contributed by atoms with Crippen LogP contribution in [0.1, 0.15) is 134 Å². The molecule has 0 heterocycles. The van der Waals surface area contributed by atoms with Crippen LogP contribution in [0.2, 0.25) is 0 Å². The summed E-state index contributed by atoms with van der Waals surface area (Å²) in [6.45, 7) is 2.07. The quantitative estimate of drug-likeness (QED) is 0.100. The molecule has 0 amide bonds. The van der Waals surface area contributed by atoms with Crippen molar-refractivity contribution in [2.24, 2.45) is 0 Å². The normalized spacial score (nSPS) is 12.5. The minimum absolute atomic E-state index is 0.0422. The van der Waals surface area contributed by atoms with Crippen LogP contribution >= 0.6 is 7.82 Å². The fraction of sp³-hybridized carbons (Fsp3) is 0.759. The van der Waals surface area contributed by atoms with Gasteiger partial charge in [-0.3, -0.25) is 4.52 Å². The summed E-state index contributed by atoms with van der Waals surface area (Å²) in [6, 6.07) is 5.88. The number of nitriles is 1. The predicted octanol–water partition coefficient (Wildman–Crippen LogP) is 8.73. The highest BCUT2D eigenvalue weighted by atomic mass is 31.2. The topological polar surface area (TPSA) is 99.8 Å². The van der Waals surface area contributed by atoms with Gasteiger partial charge in [0.2, 0.25) is 0 Å². The van der Waals surface area contributed by atoms with Crippen molar-refractivity contribution >= 4 is 7.82 Å². The van der Waals surface area contributed by atoms with Crippen molar-refractivity contribution in [3.05, 3.63) is 35.1 Å². The Morgan fingerprint density at radius 1 is 0.838 bits per heavy atom. The molecule has 0 aromatic heterocycles. The Balaban J connectivity index is 2.12. The maximum atomic E-state index is 13.6. The van der Waals surface area contributed by atoms with E-state index in [1.807, 2.05) is 6.07 Å². The molecule has 1 rings (SSSR count). The smallest absolute Gasteiger partial charge is 0.371 e. The van der Waals surface area contributed by atoms with Crippen LogP contribution < -0.4 is 0 Å². The van der Waals surface area contributed by atoms with Gasteiger partial charge in [-0.15, -0.1) is 0 Å². The number of unbranched alkanes of at least 4 members (excludes halogenated alkanes) is 16. The lowest BCUT2D eigenvalue weighted by atomic mass is 10.0. The third-order valence-electron chi connectivity index (χ3n) is 6.63. The molecule has 0 aliphatic rings. The van der Waals surface area contributed by atoms with Gasteiger partial charge in [0, 0.05) is 0 Å². The van der Waals surface area contributed by atoms with Crippen molar-refractivity contribution in [2.75, 3.05) is 6.61 Å². The number of benzene rings is 1. The predicted molar refractivity (Wildman–Crippen MR) is 146 cm³/mol. The van der Waals surface area contributed by atoms with E-state index < -0.39 is 19.7 Å². The summed E-state index contributed by atoms with van der Waals surface area (Å²) >= 11 is 0. The largest absolute Gasteiger partial charge is 0.469 e. The third kappa shape index (κ3) is 20.4. The zero-order chi connectivity index (χ0) is 27.2. The van der Waals surface area contributed by atoms with E-state index in [1.54, 1.807) is 6.07 Å². The molecule has 0 radical (unpaired) electrons. The summed E-state index contributed by atoms with van der Waals surface area (Å²) in [6.07, 6.45) is 21.9. The van der Waals surface area contributed by atoms with E-state index in [0.29, 0.717) is 12.0 Å². The molecule has 1 aromatic carbocycles. The molecule has 1 aromatic rings.